The second-order valence-corrected chi connectivity index (χ2v) is 3.81. The third-order valence-corrected chi connectivity index (χ3v) is 2.23. The molecule has 2 nitrogen and oxygen atoms in total. The number of nitrogens with zero attached hydrogens (tertiary/aromatic N) is 1. The number of hydrogen-bond acceptors (Lipinski definition) is 1. The minimum atomic E-state index is -0.151. The number of rotatable bonds is 5. The van der Waals surface area contributed by atoms with Crippen molar-refractivity contribution >= 4 is 6.34 Å². The third-order valence-electron chi connectivity index (χ3n) is 2.23. The van der Waals surface area contributed by atoms with Gasteiger partial charge in [0.25, 0.3) is 0 Å². The van der Waals surface area contributed by atoms with Crippen molar-refractivity contribution in [2.75, 3.05) is 7.05 Å². The van der Waals surface area contributed by atoms with Gasteiger partial charge in [-0.1, -0.05) is 6.08 Å². The Balaban J connectivity index is 2.63. The highest BCUT2D eigenvalue weighted by Gasteiger charge is 2.24. The lowest BCUT2D eigenvalue weighted by atomic mass is 10.1. The van der Waals surface area contributed by atoms with E-state index in [1.807, 2.05) is 12.2 Å². The molecule has 0 atom stereocenters. The van der Waals surface area contributed by atoms with Crippen molar-refractivity contribution in [2.24, 2.45) is 5.92 Å². The highest BCUT2D eigenvalue weighted by molar-refractivity contribution is 5.51. The van der Waals surface area contributed by atoms with E-state index in [1.54, 1.807) is 24.2 Å². The molecule has 82 valence electrons. The van der Waals surface area contributed by atoms with Gasteiger partial charge in [-0.25, -0.2) is 4.39 Å². The molecular formula is C12H17FN2. The maximum atomic E-state index is 12.7. The molecule has 1 fully saturated rings. The van der Waals surface area contributed by atoms with Gasteiger partial charge in [0, 0.05) is 13.2 Å². The van der Waals surface area contributed by atoms with E-state index in [2.05, 4.69) is 0 Å². The van der Waals surface area contributed by atoms with Crippen molar-refractivity contribution < 1.29 is 4.39 Å². The summed E-state index contributed by atoms with van der Waals surface area (Å²) >= 11 is 0. The van der Waals surface area contributed by atoms with Gasteiger partial charge in [-0.15, -0.1) is 0 Å². The van der Waals surface area contributed by atoms with E-state index >= 15 is 0 Å². The molecule has 15 heavy (non-hydrogen) atoms. The Bertz CT molecular complexity index is 308. The van der Waals surface area contributed by atoms with Crippen LogP contribution in [0.3, 0.4) is 0 Å². The average molecular weight is 208 g/mol. The molecule has 0 spiro atoms. The number of hydrogen-bond donors (Lipinski definition) is 1. The Hall–Kier alpha value is -1.38. The van der Waals surface area contributed by atoms with E-state index in [0.29, 0.717) is 5.92 Å². The number of allylic oxidation sites excluding steroid dienone is 5. The first-order chi connectivity index (χ1) is 7.13. The molecule has 1 N–H and O–H groups in total. The maximum Gasteiger partial charge on any atom is 0.0971 e. The fourth-order valence-corrected chi connectivity index (χ4v) is 1.28. The Morgan fingerprint density at radius 3 is 2.60 bits per heavy atom. The lowest BCUT2D eigenvalue weighted by molar-refractivity contribution is 0.638. The van der Waals surface area contributed by atoms with Crippen LogP contribution < -0.4 is 0 Å². The SMILES string of the molecule is C\C(F)=C/C(=C\C=C\N(C)C=N)C1CC1. The minimum Gasteiger partial charge on any atom is -0.343 e. The quantitative estimate of drug-likeness (QED) is 0.419. The van der Waals surface area contributed by atoms with E-state index in [0.717, 1.165) is 18.4 Å². The molecule has 0 bridgehead atoms. The first-order valence-corrected chi connectivity index (χ1v) is 5.08. The first-order valence-electron chi connectivity index (χ1n) is 5.08. The molecule has 1 aliphatic rings. The van der Waals surface area contributed by atoms with Gasteiger partial charge in [0.2, 0.25) is 0 Å². The third kappa shape index (κ3) is 4.58. The van der Waals surface area contributed by atoms with Gasteiger partial charge in [-0.2, -0.15) is 0 Å². The standard InChI is InChI=1S/C12H17FN2/c1-10(13)8-12(11-5-6-11)4-3-7-15(2)9-14/h3-4,7-9,11,14H,5-6H2,1-2H3/b7-3+,10-8+,12-4+,14-9?. The molecule has 0 unspecified atom stereocenters. The molecular weight excluding hydrogens is 191 g/mol. The molecule has 0 aromatic heterocycles. The molecule has 0 amide bonds. The molecule has 1 saturated carbocycles. The summed E-state index contributed by atoms with van der Waals surface area (Å²) in [4.78, 5) is 1.63. The van der Waals surface area contributed by atoms with Crippen LogP contribution in [0.25, 0.3) is 0 Å². The highest BCUT2D eigenvalue weighted by atomic mass is 19.1. The zero-order valence-corrected chi connectivity index (χ0v) is 9.20. The average Bonchev–Trinajstić information content (AvgIpc) is 2.98. The van der Waals surface area contributed by atoms with E-state index in [4.69, 9.17) is 5.41 Å². The number of halogens is 1. The molecule has 0 radical (unpaired) electrons. The summed E-state index contributed by atoms with van der Waals surface area (Å²) in [6, 6.07) is 0. The first kappa shape index (κ1) is 11.7. The second kappa shape index (κ2) is 5.49. The zero-order chi connectivity index (χ0) is 11.3. The van der Waals surface area contributed by atoms with Crippen LogP contribution in [-0.4, -0.2) is 18.3 Å². The van der Waals surface area contributed by atoms with Crippen LogP contribution in [0.2, 0.25) is 0 Å². The fourth-order valence-electron chi connectivity index (χ4n) is 1.28. The minimum absolute atomic E-state index is 0.151. The van der Waals surface area contributed by atoms with Crippen molar-refractivity contribution in [3.63, 3.8) is 0 Å². The molecule has 1 aliphatic carbocycles. The van der Waals surface area contributed by atoms with E-state index in [-0.39, 0.29) is 5.83 Å². The highest BCUT2D eigenvalue weighted by Crippen LogP contribution is 2.37. The molecule has 3 heteroatoms. The van der Waals surface area contributed by atoms with Crippen molar-refractivity contribution in [2.45, 2.75) is 19.8 Å². The molecule has 0 heterocycles. The lowest BCUT2D eigenvalue weighted by Crippen LogP contribution is -2.04. The van der Waals surface area contributed by atoms with Crippen LogP contribution in [0.15, 0.2) is 35.8 Å². The van der Waals surface area contributed by atoms with Gasteiger partial charge in [0.1, 0.15) is 0 Å². The Morgan fingerprint density at radius 2 is 2.13 bits per heavy atom. The summed E-state index contributed by atoms with van der Waals surface area (Å²) in [5.74, 6) is 0.382. The predicted octanol–water partition coefficient (Wildman–Crippen LogP) is 3.25. The molecule has 0 saturated heterocycles. The van der Waals surface area contributed by atoms with Crippen LogP contribution in [0.1, 0.15) is 19.8 Å². The fraction of sp³-hybridized carbons (Fsp3) is 0.417. The maximum absolute atomic E-state index is 12.7. The van der Waals surface area contributed by atoms with Crippen LogP contribution in [0.4, 0.5) is 4.39 Å². The summed E-state index contributed by atoms with van der Waals surface area (Å²) in [7, 11) is 1.78. The van der Waals surface area contributed by atoms with Gasteiger partial charge in [-0.3, -0.25) is 5.41 Å². The lowest BCUT2D eigenvalue weighted by Gasteiger charge is -2.02. The Morgan fingerprint density at radius 1 is 1.47 bits per heavy atom. The summed E-state index contributed by atoms with van der Waals surface area (Å²) in [6.45, 7) is 1.46. The van der Waals surface area contributed by atoms with Crippen LogP contribution in [-0.2, 0) is 0 Å². The summed E-state index contributed by atoms with van der Waals surface area (Å²) in [6.07, 6.45) is 10.7. The van der Waals surface area contributed by atoms with Gasteiger partial charge >= 0.3 is 0 Å². The summed E-state index contributed by atoms with van der Waals surface area (Å²) in [5, 5.41) is 6.96. The molecule has 0 aliphatic heterocycles. The van der Waals surface area contributed by atoms with E-state index < -0.39 is 0 Å². The van der Waals surface area contributed by atoms with Crippen molar-refractivity contribution in [3.05, 3.63) is 35.8 Å². The van der Waals surface area contributed by atoms with Crippen molar-refractivity contribution in [1.82, 2.24) is 4.90 Å². The smallest absolute Gasteiger partial charge is 0.0971 e. The summed E-state index contributed by atoms with van der Waals surface area (Å²) < 4.78 is 12.7. The Labute approximate surface area is 90.3 Å². The van der Waals surface area contributed by atoms with E-state index in [1.165, 1.54) is 13.3 Å². The monoisotopic (exact) mass is 208 g/mol. The van der Waals surface area contributed by atoms with E-state index in [9.17, 15) is 4.39 Å². The van der Waals surface area contributed by atoms with Crippen molar-refractivity contribution in [1.29, 1.82) is 5.41 Å². The molecule has 0 aromatic carbocycles. The van der Waals surface area contributed by atoms with Crippen LogP contribution in [0, 0.1) is 11.3 Å². The predicted molar refractivity (Wildman–Crippen MR) is 61.4 cm³/mol. The van der Waals surface area contributed by atoms with Gasteiger partial charge in [0.05, 0.1) is 12.2 Å². The van der Waals surface area contributed by atoms with Crippen LogP contribution >= 0.6 is 0 Å². The summed E-state index contributed by atoms with van der Waals surface area (Å²) in [5.41, 5.74) is 1.05. The van der Waals surface area contributed by atoms with Gasteiger partial charge < -0.3 is 4.90 Å². The van der Waals surface area contributed by atoms with Crippen molar-refractivity contribution in [3.8, 4) is 0 Å². The second-order valence-electron chi connectivity index (χ2n) is 3.81. The number of nitrogens with one attached hydrogen (secondary N) is 1. The Kier molecular flexibility index (Phi) is 4.28. The molecule has 1 rings (SSSR count). The van der Waals surface area contributed by atoms with Crippen LogP contribution in [0.5, 0.6) is 0 Å². The normalized spacial score (nSPS) is 18.3. The van der Waals surface area contributed by atoms with Gasteiger partial charge in [-0.05, 0) is 43.4 Å². The molecule has 0 aromatic rings. The van der Waals surface area contributed by atoms with Gasteiger partial charge in [0.15, 0.2) is 0 Å². The largest absolute Gasteiger partial charge is 0.343 e. The topological polar surface area (TPSA) is 27.1 Å². The zero-order valence-electron chi connectivity index (χ0n) is 9.20.